The van der Waals surface area contributed by atoms with Crippen LogP contribution < -0.4 is 5.32 Å². The lowest BCUT2D eigenvalue weighted by atomic mass is 10.2. The summed E-state index contributed by atoms with van der Waals surface area (Å²) in [6.45, 7) is 0. The molecule has 0 aliphatic rings. The first-order valence-electron chi connectivity index (χ1n) is 5.55. The van der Waals surface area contributed by atoms with Crippen molar-refractivity contribution in [3.8, 4) is 5.75 Å². The van der Waals surface area contributed by atoms with Crippen LogP contribution >= 0.6 is 31.9 Å². The summed E-state index contributed by atoms with van der Waals surface area (Å²) in [7, 11) is 0. The molecule has 0 aromatic heterocycles. The highest BCUT2D eigenvalue weighted by molar-refractivity contribution is 9.10. The van der Waals surface area contributed by atoms with Crippen LogP contribution in [0, 0.1) is 0 Å². The molecular formula is C14H11Br2NO2. The number of nitrogens with one attached hydrogen (secondary N) is 1. The SMILES string of the molecule is O=C(Nc1ccc(CBr)cc1)c1ccc(Br)c(O)c1. The van der Waals surface area contributed by atoms with Gasteiger partial charge in [-0.25, -0.2) is 0 Å². The first-order chi connectivity index (χ1) is 9.10. The van der Waals surface area contributed by atoms with Crippen molar-refractivity contribution in [3.05, 3.63) is 58.1 Å². The minimum absolute atomic E-state index is 0.0438. The second kappa shape index (κ2) is 6.21. The number of phenols is 1. The Morgan fingerprint density at radius 3 is 2.42 bits per heavy atom. The molecule has 0 saturated heterocycles. The number of rotatable bonds is 3. The van der Waals surface area contributed by atoms with Gasteiger partial charge in [-0.1, -0.05) is 28.1 Å². The van der Waals surface area contributed by atoms with Crippen LogP contribution in [0.4, 0.5) is 5.69 Å². The number of carbonyl (C=O) groups excluding carboxylic acids is 1. The van der Waals surface area contributed by atoms with E-state index in [4.69, 9.17) is 0 Å². The van der Waals surface area contributed by atoms with Crippen LogP contribution in [0.1, 0.15) is 15.9 Å². The molecule has 0 heterocycles. The van der Waals surface area contributed by atoms with Gasteiger partial charge in [0.25, 0.3) is 5.91 Å². The number of hydrogen-bond donors (Lipinski definition) is 2. The molecule has 19 heavy (non-hydrogen) atoms. The van der Waals surface area contributed by atoms with Gasteiger partial charge in [-0.3, -0.25) is 4.79 Å². The Morgan fingerprint density at radius 2 is 1.84 bits per heavy atom. The molecule has 0 atom stereocenters. The summed E-state index contributed by atoms with van der Waals surface area (Å²) in [5.74, 6) is -0.211. The minimum atomic E-state index is -0.255. The molecule has 2 aromatic carbocycles. The number of carbonyl (C=O) groups is 1. The highest BCUT2D eigenvalue weighted by atomic mass is 79.9. The van der Waals surface area contributed by atoms with Crippen LogP contribution in [0.3, 0.4) is 0 Å². The topological polar surface area (TPSA) is 49.3 Å². The van der Waals surface area contributed by atoms with Gasteiger partial charge in [0.2, 0.25) is 0 Å². The zero-order chi connectivity index (χ0) is 13.8. The van der Waals surface area contributed by atoms with Gasteiger partial charge in [0.1, 0.15) is 5.75 Å². The number of phenolic OH excluding ortho intramolecular Hbond substituents is 1. The Balaban J connectivity index is 2.13. The summed E-state index contributed by atoms with van der Waals surface area (Å²) in [5, 5.41) is 13.1. The molecular weight excluding hydrogens is 374 g/mol. The number of alkyl halides is 1. The lowest BCUT2D eigenvalue weighted by Gasteiger charge is -2.07. The number of hydrogen-bond acceptors (Lipinski definition) is 2. The van der Waals surface area contributed by atoms with E-state index in [0.29, 0.717) is 10.0 Å². The highest BCUT2D eigenvalue weighted by Crippen LogP contribution is 2.24. The number of benzene rings is 2. The van der Waals surface area contributed by atoms with Crippen LogP contribution in [0.5, 0.6) is 5.75 Å². The molecule has 2 rings (SSSR count). The molecule has 0 radical (unpaired) electrons. The van der Waals surface area contributed by atoms with Crippen molar-refractivity contribution in [2.75, 3.05) is 5.32 Å². The lowest BCUT2D eigenvalue weighted by Crippen LogP contribution is -2.11. The average Bonchev–Trinajstić information content (AvgIpc) is 2.42. The summed E-state index contributed by atoms with van der Waals surface area (Å²) in [6, 6.07) is 12.3. The Bertz CT molecular complexity index is 597. The fourth-order valence-corrected chi connectivity index (χ4v) is 2.15. The van der Waals surface area contributed by atoms with E-state index in [2.05, 4.69) is 37.2 Å². The van der Waals surface area contributed by atoms with E-state index in [-0.39, 0.29) is 11.7 Å². The quantitative estimate of drug-likeness (QED) is 0.775. The van der Waals surface area contributed by atoms with Gasteiger partial charge in [-0.15, -0.1) is 0 Å². The largest absolute Gasteiger partial charge is 0.507 e. The monoisotopic (exact) mass is 383 g/mol. The fourth-order valence-electron chi connectivity index (χ4n) is 1.53. The minimum Gasteiger partial charge on any atom is -0.507 e. The van der Waals surface area contributed by atoms with Gasteiger partial charge in [0, 0.05) is 16.6 Å². The molecule has 0 saturated carbocycles. The molecule has 0 bridgehead atoms. The summed E-state index contributed by atoms with van der Waals surface area (Å²) >= 11 is 6.54. The Labute approximate surface area is 127 Å². The smallest absolute Gasteiger partial charge is 0.255 e. The molecule has 5 heteroatoms. The van der Waals surface area contributed by atoms with Crippen molar-refractivity contribution in [3.63, 3.8) is 0 Å². The van der Waals surface area contributed by atoms with Crippen molar-refractivity contribution < 1.29 is 9.90 Å². The highest BCUT2D eigenvalue weighted by Gasteiger charge is 2.08. The number of halogens is 2. The van der Waals surface area contributed by atoms with E-state index >= 15 is 0 Å². The molecule has 2 aromatic rings. The average molecular weight is 385 g/mol. The first kappa shape index (κ1) is 14.1. The predicted octanol–water partition coefficient (Wildman–Crippen LogP) is 4.30. The molecule has 0 fully saturated rings. The van der Waals surface area contributed by atoms with Crippen LogP contribution in [0.15, 0.2) is 46.9 Å². The third kappa shape index (κ3) is 3.58. The van der Waals surface area contributed by atoms with Gasteiger partial charge in [-0.2, -0.15) is 0 Å². The zero-order valence-corrected chi connectivity index (χ0v) is 13.0. The van der Waals surface area contributed by atoms with Gasteiger partial charge in [0.05, 0.1) is 4.47 Å². The first-order valence-corrected chi connectivity index (χ1v) is 7.46. The maximum absolute atomic E-state index is 12.0. The maximum Gasteiger partial charge on any atom is 0.255 e. The Morgan fingerprint density at radius 1 is 1.16 bits per heavy atom. The van der Waals surface area contributed by atoms with Crippen molar-refractivity contribution in [1.82, 2.24) is 0 Å². The number of aromatic hydroxyl groups is 1. The summed E-state index contributed by atoms with van der Waals surface area (Å²) in [6.07, 6.45) is 0. The predicted molar refractivity (Wildman–Crippen MR) is 82.8 cm³/mol. The van der Waals surface area contributed by atoms with Crippen molar-refractivity contribution >= 4 is 43.5 Å². The van der Waals surface area contributed by atoms with Crippen molar-refractivity contribution in [2.24, 2.45) is 0 Å². The van der Waals surface area contributed by atoms with E-state index in [1.807, 2.05) is 24.3 Å². The molecule has 0 aliphatic heterocycles. The molecule has 2 N–H and O–H groups in total. The van der Waals surface area contributed by atoms with Crippen LogP contribution in [-0.4, -0.2) is 11.0 Å². The summed E-state index contributed by atoms with van der Waals surface area (Å²) < 4.78 is 0.561. The van der Waals surface area contributed by atoms with E-state index < -0.39 is 0 Å². The maximum atomic E-state index is 12.0. The molecule has 3 nitrogen and oxygen atoms in total. The van der Waals surface area contributed by atoms with Crippen LogP contribution in [0.25, 0.3) is 0 Å². The second-order valence-electron chi connectivity index (χ2n) is 3.95. The number of amides is 1. The molecule has 0 spiro atoms. The van der Waals surface area contributed by atoms with Gasteiger partial charge >= 0.3 is 0 Å². The molecule has 98 valence electrons. The third-order valence-corrected chi connectivity index (χ3v) is 3.89. The third-order valence-electron chi connectivity index (χ3n) is 2.57. The standard InChI is InChI=1S/C14H11Br2NO2/c15-8-9-1-4-11(5-2-9)17-14(19)10-3-6-12(16)13(18)7-10/h1-7,18H,8H2,(H,17,19). The van der Waals surface area contributed by atoms with Crippen LogP contribution in [-0.2, 0) is 5.33 Å². The van der Waals surface area contributed by atoms with E-state index in [1.54, 1.807) is 12.1 Å². The molecule has 1 amide bonds. The number of anilines is 1. The fraction of sp³-hybridized carbons (Fsp3) is 0.0714. The molecule has 0 unspecified atom stereocenters. The van der Waals surface area contributed by atoms with Gasteiger partial charge in [-0.05, 0) is 51.8 Å². The van der Waals surface area contributed by atoms with E-state index in [1.165, 1.54) is 6.07 Å². The Kier molecular flexibility index (Phi) is 4.61. The van der Waals surface area contributed by atoms with Crippen molar-refractivity contribution in [1.29, 1.82) is 0 Å². The van der Waals surface area contributed by atoms with E-state index in [0.717, 1.165) is 16.6 Å². The molecule has 0 aliphatic carbocycles. The van der Waals surface area contributed by atoms with E-state index in [9.17, 15) is 9.90 Å². The van der Waals surface area contributed by atoms with Crippen LogP contribution in [0.2, 0.25) is 0 Å². The summed E-state index contributed by atoms with van der Waals surface area (Å²) in [4.78, 5) is 12.0. The lowest BCUT2D eigenvalue weighted by molar-refractivity contribution is 0.102. The Hall–Kier alpha value is -1.33. The zero-order valence-electron chi connectivity index (χ0n) is 9.86. The normalized spacial score (nSPS) is 10.2. The van der Waals surface area contributed by atoms with Crippen molar-refractivity contribution in [2.45, 2.75) is 5.33 Å². The van der Waals surface area contributed by atoms with Gasteiger partial charge in [0.15, 0.2) is 0 Å². The van der Waals surface area contributed by atoms with Gasteiger partial charge < -0.3 is 10.4 Å². The summed E-state index contributed by atoms with van der Waals surface area (Å²) in [5.41, 5.74) is 2.27. The second-order valence-corrected chi connectivity index (χ2v) is 5.37.